The van der Waals surface area contributed by atoms with Gasteiger partial charge in [-0.3, -0.25) is 9.69 Å². The molecule has 2 heterocycles. The van der Waals surface area contributed by atoms with Crippen LogP contribution in [0.1, 0.15) is 51.7 Å². The number of hydrogen-bond donors (Lipinski definition) is 2. The number of amides is 1. The van der Waals surface area contributed by atoms with Crippen molar-refractivity contribution >= 4 is 22.4 Å². The van der Waals surface area contributed by atoms with Crippen molar-refractivity contribution in [3.8, 4) is 0 Å². The summed E-state index contributed by atoms with van der Waals surface area (Å²) in [6, 6.07) is 6.71. The SMILES string of the molecule is CCCN1C[C@H](C(=O)N[C@H](C)CC)C=C2c3cccc4[nH]cc(c34)CC21C. The molecule has 1 unspecified atom stereocenters. The molecule has 2 aliphatic rings. The molecule has 1 aromatic carbocycles. The fraction of sp³-hybridized carbons (Fsp3) is 0.522. The van der Waals surface area contributed by atoms with Crippen LogP contribution in [0.15, 0.2) is 30.5 Å². The fourth-order valence-corrected chi connectivity index (χ4v) is 4.84. The molecule has 0 bridgehead atoms. The van der Waals surface area contributed by atoms with Gasteiger partial charge in [-0.15, -0.1) is 0 Å². The van der Waals surface area contributed by atoms with Gasteiger partial charge in [0.15, 0.2) is 0 Å². The van der Waals surface area contributed by atoms with Gasteiger partial charge < -0.3 is 10.3 Å². The summed E-state index contributed by atoms with van der Waals surface area (Å²) in [5.41, 5.74) is 5.15. The summed E-state index contributed by atoms with van der Waals surface area (Å²) >= 11 is 0. The van der Waals surface area contributed by atoms with E-state index in [1.165, 1.54) is 27.6 Å². The molecule has 4 rings (SSSR count). The molecule has 1 aromatic heterocycles. The molecule has 2 aromatic rings. The predicted molar refractivity (Wildman–Crippen MR) is 112 cm³/mol. The lowest BCUT2D eigenvalue weighted by Crippen LogP contribution is -2.56. The van der Waals surface area contributed by atoms with E-state index in [0.29, 0.717) is 0 Å². The van der Waals surface area contributed by atoms with E-state index >= 15 is 0 Å². The molecule has 0 fully saturated rings. The number of fused-ring (bicyclic) bond motifs is 2. The van der Waals surface area contributed by atoms with Gasteiger partial charge in [-0.05, 0) is 62.4 Å². The quantitative estimate of drug-likeness (QED) is 0.837. The third-order valence-electron chi connectivity index (χ3n) is 6.51. The van der Waals surface area contributed by atoms with E-state index in [2.05, 4.69) is 73.4 Å². The van der Waals surface area contributed by atoms with E-state index in [-0.39, 0.29) is 23.4 Å². The third kappa shape index (κ3) is 2.91. The minimum atomic E-state index is -0.0932. The topological polar surface area (TPSA) is 48.1 Å². The number of carbonyl (C=O) groups is 1. The highest BCUT2D eigenvalue weighted by Crippen LogP contribution is 2.47. The number of H-pyrrole nitrogens is 1. The molecule has 1 aliphatic carbocycles. The highest BCUT2D eigenvalue weighted by atomic mass is 16.2. The van der Waals surface area contributed by atoms with Gasteiger partial charge in [0, 0.05) is 35.2 Å². The van der Waals surface area contributed by atoms with Crippen molar-refractivity contribution < 1.29 is 4.79 Å². The van der Waals surface area contributed by atoms with Crippen molar-refractivity contribution in [3.05, 3.63) is 41.6 Å². The van der Waals surface area contributed by atoms with Gasteiger partial charge >= 0.3 is 0 Å². The van der Waals surface area contributed by atoms with Crippen LogP contribution in [0.5, 0.6) is 0 Å². The first-order valence-corrected chi connectivity index (χ1v) is 10.3. The van der Waals surface area contributed by atoms with Crippen molar-refractivity contribution in [1.82, 2.24) is 15.2 Å². The Morgan fingerprint density at radius 1 is 1.41 bits per heavy atom. The van der Waals surface area contributed by atoms with Crippen LogP contribution in [0.4, 0.5) is 0 Å². The van der Waals surface area contributed by atoms with Crippen molar-refractivity contribution in [2.75, 3.05) is 13.1 Å². The van der Waals surface area contributed by atoms with Crippen molar-refractivity contribution in [2.45, 2.75) is 58.5 Å². The second-order valence-corrected chi connectivity index (χ2v) is 8.44. The minimum Gasteiger partial charge on any atom is -0.361 e. The van der Waals surface area contributed by atoms with Crippen LogP contribution in [-0.4, -0.2) is 40.5 Å². The fourth-order valence-electron chi connectivity index (χ4n) is 4.84. The zero-order valence-electron chi connectivity index (χ0n) is 16.9. The average molecular weight is 366 g/mol. The zero-order valence-corrected chi connectivity index (χ0v) is 16.9. The van der Waals surface area contributed by atoms with E-state index in [0.717, 1.165) is 32.4 Å². The maximum atomic E-state index is 12.9. The highest BCUT2D eigenvalue weighted by molar-refractivity contribution is 6.00. The first-order valence-electron chi connectivity index (χ1n) is 10.3. The Labute approximate surface area is 162 Å². The Morgan fingerprint density at radius 2 is 2.22 bits per heavy atom. The number of aromatic amines is 1. The Morgan fingerprint density at radius 3 is 2.96 bits per heavy atom. The standard InChI is InChI=1S/C23H31N3O/c1-5-10-26-14-16(22(27)25-15(3)6-2)11-19-18-8-7-9-20-21(18)17(13-24-20)12-23(19,26)4/h7-9,11,13,15-16,24H,5-6,10,12,14H2,1-4H3,(H,25,27)/t15-,16-,23?/m1/s1. The normalized spacial score (nSPS) is 25.8. The molecule has 4 heteroatoms. The summed E-state index contributed by atoms with van der Waals surface area (Å²) in [4.78, 5) is 18.9. The van der Waals surface area contributed by atoms with Crippen molar-refractivity contribution in [1.29, 1.82) is 0 Å². The van der Waals surface area contributed by atoms with E-state index < -0.39 is 0 Å². The Balaban J connectivity index is 1.81. The molecule has 1 amide bonds. The Kier molecular flexibility index (Phi) is 4.63. The molecule has 3 atom stereocenters. The molecule has 2 N–H and O–H groups in total. The van der Waals surface area contributed by atoms with Gasteiger partial charge in [0.05, 0.1) is 5.92 Å². The smallest absolute Gasteiger partial charge is 0.228 e. The zero-order chi connectivity index (χ0) is 19.2. The predicted octanol–water partition coefficient (Wildman–Crippen LogP) is 4.12. The molecule has 27 heavy (non-hydrogen) atoms. The van der Waals surface area contributed by atoms with Gasteiger partial charge in [0.2, 0.25) is 5.91 Å². The number of carbonyl (C=O) groups excluding carboxylic acids is 1. The number of aromatic nitrogens is 1. The summed E-state index contributed by atoms with van der Waals surface area (Å²) in [5, 5.41) is 4.53. The van der Waals surface area contributed by atoms with Gasteiger partial charge in [0.25, 0.3) is 0 Å². The van der Waals surface area contributed by atoms with Crippen LogP contribution in [0.3, 0.4) is 0 Å². The molecule has 0 spiro atoms. The largest absolute Gasteiger partial charge is 0.361 e. The molecule has 0 saturated heterocycles. The van der Waals surface area contributed by atoms with E-state index in [9.17, 15) is 4.79 Å². The summed E-state index contributed by atoms with van der Waals surface area (Å²) in [7, 11) is 0. The molecular weight excluding hydrogens is 334 g/mol. The minimum absolute atomic E-state index is 0.0490. The monoisotopic (exact) mass is 365 g/mol. The molecular formula is C23H31N3O. The number of rotatable bonds is 5. The van der Waals surface area contributed by atoms with Crippen molar-refractivity contribution in [3.63, 3.8) is 0 Å². The Hall–Kier alpha value is -2.07. The van der Waals surface area contributed by atoms with Gasteiger partial charge in [-0.25, -0.2) is 0 Å². The summed E-state index contributed by atoms with van der Waals surface area (Å²) in [6.07, 6.45) is 7.47. The lowest BCUT2D eigenvalue weighted by atomic mass is 9.71. The lowest BCUT2D eigenvalue weighted by Gasteiger charge is -2.50. The first-order chi connectivity index (χ1) is 13.0. The van der Waals surface area contributed by atoms with Gasteiger partial charge in [-0.1, -0.05) is 32.1 Å². The molecule has 0 saturated carbocycles. The van der Waals surface area contributed by atoms with Crippen LogP contribution in [0, 0.1) is 5.92 Å². The summed E-state index contributed by atoms with van der Waals surface area (Å²) in [5.74, 6) is 0.0661. The second kappa shape index (κ2) is 6.83. The second-order valence-electron chi connectivity index (χ2n) is 8.44. The van der Waals surface area contributed by atoms with Gasteiger partial charge in [-0.2, -0.15) is 0 Å². The number of benzene rings is 1. The Bertz CT molecular complexity index is 896. The molecule has 4 nitrogen and oxygen atoms in total. The maximum absolute atomic E-state index is 12.9. The lowest BCUT2D eigenvalue weighted by molar-refractivity contribution is -0.125. The van der Waals surface area contributed by atoms with Crippen LogP contribution < -0.4 is 5.32 Å². The number of hydrogen-bond acceptors (Lipinski definition) is 2. The van der Waals surface area contributed by atoms with Crippen LogP contribution >= 0.6 is 0 Å². The summed E-state index contributed by atoms with van der Waals surface area (Å²) < 4.78 is 0. The van der Waals surface area contributed by atoms with E-state index in [4.69, 9.17) is 0 Å². The third-order valence-corrected chi connectivity index (χ3v) is 6.51. The molecule has 0 radical (unpaired) electrons. The molecule has 1 aliphatic heterocycles. The van der Waals surface area contributed by atoms with Gasteiger partial charge in [0.1, 0.15) is 0 Å². The summed E-state index contributed by atoms with van der Waals surface area (Å²) in [6.45, 7) is 10.6. The number of nitrogens with zero attached hydrogens (tertiary/aromatic N) is 1. The van der Waals surface area contributed by atoms with Crippen LogP contribution in [-0.2, 0) is 11.2 Å². The van der Waals surface area contributed by atoms with E-state index in [1.807, 2.05) is 0 Å². The van der Waals surface area contributed by atoms with Crippen LogP contribution in [0.2, 0.25) is 0 Å². The van der Waals surface area contributed by atoms with Crippen molar-refractivity contribution in [2.24, 2.45) is 5.92 Å². The number of nitrogens with one attached hydrogen (secondary N) is 2. The molecule has 144 valence electrons. The van der Waals surface area contributed by atoms with E-state index in [1.54, 1.807) is 0 Å². The maximum Gasteiger partial charge on any atom is 0.228 e. The average Bonchev–Trinajstić information content (AvgIpc) is 3.06. The van der Waals surface area contributed by atoms with Crippen LogP contribution in [0.25, 0.3) is 16.5 Å². The highest BCUT2D eigenvalue weighted by Gasteiger charge is 2.45. The first kappa shape index (κ1) is 18.3.